The first-order valence-electron chi connectivity index (χ1n) is 5.62. The van der Waals surface area contributed by atoms with Gasteiger partial charge in [-0.2, -0.15) is 0 Å². The third kappa shape index (κ3) is 2.41. The summed E-state index contributed by atoms with van der Waals surface area (Å²) in [6.07, 6.45) is 0. The topological polar surface area (TPSA) is 81.8 Å². The van der Waals surface area contributed by atoms with Crippen molar-refractivity contribution >= 4 is 5.97 Å². The third-order valence-corrected chi connectivity index (χ3v) is 3.09. The summed E-state index contributed by atoms with van der Waals surface area (Å²) >= 11 is 0. The fourth-order valence-electron chi connectivity index (χ4n) is 1.96. The Bertz CT molecular complexity index is 457. The maximum atomic E-state index is 11.2. The maximum Gasteiger partial charge on any atom is 0.312 e. The minimum atomic E-state index is -0.971. The second kappa shape index (κ2) is 5.73. The monoisotopic (exact) mass is 253 g/mol. The van der Waals surface area contributed by atoms with Crippen molar-refractivity contribution < 1.29 is 19.4 Å². The molecule has 3 N–H and O–H groups in total. The molecule has 0 spiro atoms. The van der Waals surface area contributed by atoms with Gasteiger partial charge >= 0.3 is 5.97 Å². The minimum Gasteiger partial charge on any atom is -0.493 e. The van der Waals surface area contributed by atoms with Gasteiger partial charge in [-0.05, 0) is 25.0 Å². The van der Waals surface area contributed by atoms with Gasteiger partial charge in [0.05, 0.1) is 20.1 Å². The molecule has 0 saturated heterocycles. The number of carboxylic acids is 1. The number of carboxylic acid groups (broad SMARTS) is 1. The van der Waals surface area contributed by atoms with Crippen LogP contribution in [0.5, 0.6) is 11.5 Å². The van der Waals surface area contributed by atoms with Gasteiger partial charge in [0.1, 0.15) is 0 Å². The van der Waals surface area contributed by atoms with Crippen LogP contribution < -0.4 is 15.2 Å². The predicted molar refractivity (Wildman–Crippen MR) is 68.5 cm³/mol. The molecule has 1 rings (SSSR count). The zero-order valence-corrected chi connectivity index (χ0v) is 11.1. The minimum absolute atomic E-state index is 0.0113. The van der Waals surface area contributed by atoms with E-state index < -0.39 is 11.9 Å². The largest absolute Gasteiger partial charge is 0.493 e. The van der Waals surface area contributed by atoms with Gasteiger partial charge in [-0.1, -0.05) is 6.07 Å². The van der Waals surface area contributed by atoms with Gasteiger partial charge in [-0.3, -0.25) is 4.79 Å². The summed E-state index contributed by atoms with van der Waals surface area (Å²) in [7, 11) is 3.03. The van der Waals surface area contributed by atoms with Crippen molar-refractivity contribution in [1.29, 1.82) is 0 Å². The molecule has 0 aliphatic heterocycles. The van der Waals surface area contributed by atoms with E-state index in [0.717, 1.165) is 11.1 Å². The maximum absolute atomic E-state index is 11.2. The lowest BCUT2D eigenvalue weighted by Crippen LogP contribution is -2.22. The summed E-state index contributed by atoms with van der Waals surface area (Å²) in [5, 5.41) is 9.19. The SMILES string of the molecule is COc1c(C(CN)C(=O)O)cc(C)c(C)c1OC. The first kappa shape index (κ1) is 14.3. The quantitative estimate of drug-likeness (QED) is 0.830. The highest BCUT2D eigenvalue weighted by molar-refractivity contribution is 5.78. The van der Waals surface area contributed by atoms with E-state index in [-0.39, 0.29) is 6.54 Å². The van der Waals surface area contributed by atoms with Gasteiger partial charge in [0.15, 0.2) is 11.5 Å². The first-order valence-corrected chi connectivity index (χ1v) is 5.62. The Balaban J connectivity index is 3.52. The molecule has 5 heteroatoms. The van der Waals surface area contributed by atoms with E-state index in [0.29, 0.717) is 17.1 Å². The number of ether oxygens (including phenoxy) is 2. The summed E-state index contributed by atoms with van der Waals surface area (Å²) in [6, 6.07) is 1.79. The van der Waals surface area contributed by atoms with E-state index in [1.807, 2.05) is 13.8 Å². The highest BCUT2D eigenvalue weighted by Gasteiger charge is 2.26. The number of aryl methyl sites for hydroxylation is 1. The van der Waals surface area contributed by atoms with Crippen LogP contribution in [0.3, 0.4) is 0 Å². The van der Waals surface area contributed by atoms with Crippen LogP contribution in [0.1, 0.15) is 22.6 Å². The standard InChI is InChI=1S/C13H19NO4/c1-7-5-9(10(6-14)13(15)16)12(18-4)11(17-3)8(7)2/h5,10H,6,14H2,1-4H3,(H,15,16). The van der Waals surface area contributed by atoms with Crippen molar-refractivity contribution in [2.24, 2.45) is 5.73 Å². The summed E-state index contributed by atoms with van der Waals surface area (Å²) in [6.45, 7) is 3.81. The molecule has 0 saturated carbocycles. The Morgan fingerprint density at radius 2 is 1.89 bits per heavy atom. The van der Waals surface area contributed by atoms with Gasteiger partial charge in [0.25, 0.3) is 0 Å². The Morgan fingerprint density at radius 3 is 2.28 bits per heavy atom. The molecular weight excluding hydrogens is 234 g/mol. The van der Waals surface area contributed by atoms with Crippen LogP contribution in [0.4, 0.5) is 0 Å². The molecule has 1 aromatic carbocycles. The molecule has 0 fully saturated rings. The summed E-state index contributed by atoms with van der Waals surface area (Å²) in [4.78, 5) is 11.2. The summed E-state index contributed by atoms with van der Waals surface area (Å²) in [5.74, 6) is -0.764. The zero-order chi connectivity index (χ0) is 13.9. The molecule has 1 atom stereocenters. The predicted octanol–water partition coefficient (Wildman–Crippen LogP) is 1.45. The number of benzene rings is 1. The Hall–Kier alpha value is -1.75. The van der Waals surface area contributed by atoms with Gasteiger partial charge in [0, 0.05) is 12.1 Å². The number of methoxy groups -OCH3 is 2. The van der Waals surface area contributed by atoms with Crippen LogP contribution in [0.2, 0.25) is 0 Å². The molecule has 0 heterocycles. The summed E-state index contributed by atoms with van der Waals surface area (Å²) in [5.41, 5.74) is 7.96. The van der Waals surface area contributed by atoms with E-state index in [4.69, 9.17) is 15.2 Å². The molecule has 5 nitrogen and oxygen atoms in total. The van der Waals surface area contributed by atoms with E-state index in [2.05, 4.69) is 0 Å². The van der Waals surface area contributed by atoms with Crippen molar-refractivity contribution in [1.82, 2.24) is 0 Å². The zero-order valence-electron chi connectivity index (χ0n) is 11.1. The average molecular weight is 253 g/mol. The van der Waals surface area contributed by atoms with Crippen LogP contribution >= 0.6 is 0 Å². The smallest absolute Gasteiger partial charge is 0.312 e. The highest BCUT2D eigenvalue weighted by atomic mass is 16.5. The Labute approximate surface area is 107 Å². The number of hydrogen-bond acceptors (Lipinski definition) is 4. The molecule has 0 aliphatic carbocycles. The number of rotatable bonds is 5. The first-order chi connectivity index (χ1) is 8.47. The van der Waals surface area contributed by atoms with Crippen molar-refractivity contribution in [3.63, 3.8) is 0 Å². The van der Waals surface area contributed by atoms with Crippen LogP contribution in [0, 0.1) is 13.8 Å². The second-order valence-corrected chi connectivity index (χ2v) is 4.10. The molecule has 0 aromatic heterocycles. The van der Waals surface area contributed by atoms with E-state index in [1.165, 1.54) is 14.2 Å². The second-order valence-electron chi connectivity index (χ2n) is 4.10. The molecule has 0 amide bonds. The van der Waals surface area contributed by atoms with E-state index >= 15 is 0 Å². The molecule has 1 unspecified atom stereocenters. The van der Waals surface area contributed by atoms with Crippen molar-refractivity contribution in [2.75, 3.05) is 20.8 Å². The van der Waals surface area contributed by atoms with Gasteiger partial charge in [-0.15, -0.1) is 0 Å². The molecule has 0 bridgehead atoms. The lowest BCUT2D eigenvalue weighted by Gasteiger charge is -2.20. The Morgan fingerprint density at radius 1 is 1.33 bits per heavy atom. The molecule has 0 radical (unpaired) electrons. The van der Waals surface area contributed by atoms with Gasteiger partial charge in [-0.25, -0.2) is 0 Å². The number of nitrogens with two attached hydrogens (primary N) is 1. The molecule has 100 valence electrons. The van der Waals surface area contributed by atoms with Crippen molar-refractivity contribution in [2.45, 2.75) is 19.8 Å². The average Bonchev–Trinajstić information content (AvgIpc) is 2.33. The molecular formula is C13H19NO4. The van der Waals surface area contributed by atoms with Gasteiger partial charge in [0.2, 0.25) is 0 Å². The van der Waals surface area contributed by atoms with Crippen LogP contribution in [-0.4, -0.2) is 31.8 Å². The molecule has 1 aromatic rings. The summed E-state index contributed by atoms with van der Waals surface area (Å²) < 4.78 is 10.6. The van der Waals surface area contributed by atoms with Crippen molar-refractivity contribution in [3.8, 4) is 11.5 Å². The normalized spacial score (nSPS) is 12.1. The number of aliphatic carboxylic acids is 1. The Kier molecular flexibility index (Phi) is 4.55. The number of carbonyl (C=O) groups is 1. The fraction of sp³-hybridized carbons (Fsp3) is 0.462. The lowest BCUT2D eigenvalue weighted by atomic mass is 9.93. The fourth-order valence-corrected chi connectivity index (χ4v) is 1.96. The van der Waals surface area contributed by atoms with Crippen LogP contribution in [0.25, 0.3) is 0 Å². The number of hydrogen-bond donors (Lipinski definition) is 2. The lowest BCUT2D eigenvalue weighted by molar-refractivity contribution is -0.138. The van der Waals surface area contributed by atoms with Gasteiger partial charge < -0.3 is 20.3 Å². The molecule has 18 heavy (non-hydrogen) atoms. The third-order valence-electron chi connectivity index (χ3n) is 3.09. The van der Waals surface area contributed by atoms with Crippen LogP contribution in [0.15, 0.2) is 6.07 Å². The van der Waals surface area contributed by atoms with Crippen molar-refractivity contribution in [3.05, 3.63) is 22.8 Å². The van der Waals surface area contributed by atoms with E-state index in [9.17, 15) is 9.90 Å². The van der Waals surface area contributed by atoms with Crippen LogP contribution in [-0.2, 0) is 4.79 Å². The van der Waals surface area contributed by atoms with E-state index in [1.54, 1.807) is 6.07 Å². The molecule has 0 aliphatic rings. The highest BCUT2D eigenvalue weighted by Crippen LogP contribution is 2.39.